The molecular formula is C17H15NO6. The van der Waals surface area contributed by atoms with E-state index in [2.05, 4.69) is 6.58 Å². The standard InChI is InChI=1S/C17H15NO6/c1-8(2)16(20)23-13-11-9(15(19)18-6-4-3-5-7-18)10-12(22-11)14(13)24-17(10)21/h1,3-7H2,2H3. The van der Waals surface area contributed by atoms with Crippen LogP contribution in [0.15, 0.2) is 16.6 Å². The summed E-state index contributed by atoms with van der Waals surface area (Å²) in [7, 11) is 0. The van der Waals surface area contributed by atoms with Gasteiger partial charge in [-0.3, -0.25) is 4.79 Å². The Morgan fingerprint density at radius 3 is 2.54 bits per heavy atom. The van der Waals surface area contributed by atoms with Crippen LogP contribution in [0.1, 0.15) is 46.9 Å². The van der Waals surface area contributed by atoms with Crippen molar-refractivity contribution in [3.05, 3.63) is 23.3 Å². The van der Waals surface area contributed by atoms with Gasteiger partial charge in [-0.05, 0) is 26.2 Å². The summed E-state index contributed by atoms with van der Waals surface area (Å²) in [5.74, 6) is -1.58. The zero-order valence-corrected chi connectivity index (χ0v) is 13.1. The van der Waals surface area contributed by atoms with Gasteiger partial charge in [0, 0.05) is 18.7 Å². The molecule has 0 saturated carbocycles. The first kappa shape index (κ1) is 14.7. The average molecular weight is 329 g/mol. The summed E-state index contributed by atoms with van der Waals surface area (Å²) in [5, 5.41) is 0. The molecule has 0 spiro atoms. The highest BCUT2D eigenvalue weighted by Gasteiger charge is 2.44. The largest absolute Gasteiger partial charge is 0.447 e. The fourth-order valence-corrected chi connectivity index (χ4v) is 3.12. The summed E-state index contributed by atoms with van der Waals surface area (Å²) < 4.78 is 15.9. The number of rotatable bonds is 3. The molecule has 7 heteroatoms. The predicted octanol–water partition coefficient (Wildman–Crippen LogP) is 2.51. The average Bonchev–Trinajstić information content (AvgIpc) is 3.18. The molecule has 2 aliphatic heterocycles. The minimum absolute atomic E-state index is 0.0204. The van der Waals surface area contributed by atoms with Gasteiger partial charge in [0.25, 0.3) is 5.91 Å². The van der Waals surface area contributed by atoms with E-state index in [9.17, 15) is 14.4 Å². The van der Waals surface area contributed by atoms with Crippen LogP contribution in [0.5, 0.6) is 11.5 Å². The van der Waals surface area contributed by atoms with Gasteiger partial charge >= 0.3 is 11.9 Å². The van der Waals surface area contributed by atoms with Crippen LogP contribution < -0.4 is 9.47 Å². The van der Waals surface area contributed by atoms with Gasteiger partial charge in [-0.1, -0.05) is 6.58 Å². The molecular weight excluding hydrogens is 314 g/mol. The van der Waals surface area contributed by atoms with Crippen molar-refractivity contribution in [3.63, 3.8) is 0 Å². The minimum Gasteiger partial charge on any atom is -0.447 e. The molecule has 0 N–H and O–H groups in total. The van der Waals surface area contributed by atoms with E-state index in [1.807, 2.05) is 0 Å². The lowest BCUT2D eigenvalue weighted by molar-refractivity contribution is -0.130. The van der Waals surface area contributed by atoms with Crippen LogP contribution in [0.3, 0.4) is 0 Å². The number of amides is 1. The molecule has 2 bridgehead atoms. The Morgan fingerprint density at radius 2 is 1.88 bits per heavy atom. The fraction of sp³-hybridized carbons (Fsp3) is 0.353. The van der Waals surface area contributed by atoms with Crippen molar-refractivity contribution in [1.29, 1.82) is 0 Å². The number of furan rings is 2. The Kier molecular flexibility index (Phi) is 3.13. The zero-order chi connectivity index (χ0) is 17.0. The van der Waals surface area contributed by atoms with E-state index in [1.165, 1.54) is 6.92 Å². The number of ether oxygens (including phenoxy) is 2. The zero-order valence-electron chi connectivity index (χ0n) is 13.1. The number of piperidine rings is 1. The van der Waals surface area contributed by atoms with Crippen molar-refractivity contribution < 1.29 is 28.3 Å². The third-order valence-electron chi connectivity index (χ3n) is 4.33. The first-order valence-corrected chi connectivity index (χ1v) is 7.80. The summed E-state index contributed by atoms with van der Waals surface area (Å²) in [6.45, 7) is 6.27. The smallest absolute Gasteiger partial charge is 0.348 e. The van der Waals surface area contributed by atoms with Gasteiger partial charge in [0.05, 0.1) is 0 Å². The first-order valence-electron chi connectivity index (χ1n) is 7.80. The molecule has 1 amide bonds. The molecule has 0 aliphatic carbocycles. The third-order valence-corrected chi connectivity index (χ3v) is 4.33. The monoisotopic (exact) mass is 329 g/mol. The number of benzene rings is 1. The minimum atomic E-state index is -0.670. The van der Waals surface area contributed by atoms with Gasteiger partial charge in [-0.15, -0.1) is 0 Å². The van der Waals surface area contributed by atoms with E-state index in [0.717, 1.165) is 19.3 Å². The van der Waals surface area contributed by atoms with E-state index in [4.69, 9.17) is 13.9 Å². The Hall–Kier alpha value is -2.83. The quantitative estimate of drug-likeness (QED) is 0.488. The van der Waals surface area contributed by atoms with Crippen LogP contribution in [0.4, 0.5) is 0 Å². The summed E-state index contributed by atoms with van der Waals surface area (Å²) in [4.78, 5) is 38.5. The molecule has 0 atom stereocenters. The molecule has 1 fully saturated rings. The normalized spacial score (nSPS) is 16.5. The first-order chi connectivity index (χ1) is 11.5. The topological polar surface area (TPSA) is 86.0 Å². The van der Waals surface area contributed by atoms with Crippen LogP contribution >= 0.6 is 0 Å². The number of carbonyl (C=O) groups is 3. The van der Waals surface area contributed by atoms with E-state index in [0.29, 0.717) is 13.1 Å². The second-order valence-corrected chi connectivity index (χ2v) is 6.08. The highest BCUT2D eigenvalue weighted by atomic mass is 16.6. The van der Waals surface area contributed by atoms with Crippen molar-refractivity contribution in [2.45, 2.75) is 26.2 Å². The Balaban J connectivity index is 1.78. The van der Waals surface area contributed by atoms with Crippen molar-refractivity contribution in [3.8, 4) is 11.5 Å². The van der Waals surface area contributed by atoms with E-state index in [-0.39, 0.29) is 45.3 Å². The third kappa shape index (κ3) is 1.94. The van der Waals surface area contributed by atoms with Crippen LogP contribution in [0.2, 0.25) is 0 Å². The van der Waals surface area contributed by atoms with Crippen molar-refractivity contribution in [1.82, 2.24) is 4.90 Å². The van der Waals surface area contributed by atoms with Crippen LogP contribution in [-0.2, 0) is 4.79 Å². The molecule has 0 unspecified atom stereocenters. The summed E-state index contributed by atoms with van der Waals surface area (Å²) in [6.07, 6.45) is 2.92. The molecule has 1 saturated heterocycles. The molecule has 0 radical (unpaired) electrons. The summed E-state index contributed by atoms with van der Waals surface area (Å²) >= 11 is 0. The number of nitrogens with zero attached hydrogens (tertiary/aromatic N) is 1. The SMILES string of the molecule is C=C(C)C(=O)Oc1c2c3oc1c(C(=O)N1CCCCC1)c3C(=O)O2. The van der Waals surface area contributed by atoms with Gasteiger partial charge in [-0.25, -0.2) is 9.59 Å². The Bertz CT molecular complexity index is 886. The summed E-state index contributed by atoms with van der Waals surface area (Å²) in [5.41, 5.74) is 0.702. The molecule has 2 aliphatic rings. The maximum absolute atomic E-state index is 12.9. The van der Waals surface area contributed by atoms with Crippen LogP contribution in [0.25, 0.3) is 11.2 Å². The number of likely N-dealkylation sites (tertiary alicyclic amines) is 1. The number of hydrogen-bond donors (Lipinski definition) is 0. The summed E-state index contributed by atoms with van der Waals surface area (Å²) in [6, 6.07) is 0. The molecule has 4 rings (SSSR count). The fourth-order valence-electron chi connectivity index (χ4n) is 3.12. The van der Waals surface area contributed by atoms with E-state index >= 15 is 0 Å². The predicted molar refractivity (Wildman–Crippen MR) is 82.6 cm³/mol. The maximum Gasteiger partial charge on any atom is 0.348 e. The lowest BCUT2D eigenvalue weighted by Gasteiger charge is -2.26. The number of hydrogen-bond acceptors (Lipinski definition) is 6. The number of fused-ring (bicyclic) bond motifs is 1. The number of esters is 2. The molecule has 0 aromatic carbocycles. The van der Waals surface area contributed by atoms with Gasteiger partial charge in [0.1, 0.15) is 11.1 Å². The van der Waals surface area contributed by atoms with E-state index in [1.54, 1.807) is 4.90 Å². The Labute approximate surface area is 137 Å². The van der Waals surface area contributed by atoms with Crippen molar-refractivity contribution >= 4 is 29.0 Å². The number of carbonyl (C=O) groups excluding carboxylic acids is 3. The van der Waals surface area contributed by atoms with E-state index < -0.39 is 11.9 Å². The van der Waals surface area contributed by atoms with Crippen molar-refractivity contribution in [2.75, 3.05) is 13.1 Å². The second-order valence-electron chi connectivity index (χ2n) is 6.08. The lowest BCUT2D eigenvalue weighted by Crippen LogP contribution is -2.36. The molecule has 2 aromatic rings. The van der Waals surface area contributed by atoms with Gasteiger partial charge in [0.15, 0.2) is 11.2 Å². The second kappa shape index (κ2) is 5.09. The van der Waals surface area contributed by atoms with Gasteiger partial charge < -0.3 is 18.8 Å². The lowest BCUT2D eigenvalue weighted by atomic mass is 10.0. The van der Waals surface area contributed by atoms with Crippen LogP contribution in [-0.4, -0.2) is 35.8 Å². The Morgan fingerprint density at radius 1 is 1.17 bits per heavy atom. The molecule has 124 valence electrons. The van der Waals surface area contributed by atoms with Crippen LogP contribution in [0, 0.1) is 0 Å². The highest BCUT2D eigenvalue weighted by Crippen LogP contribution is 2.52. The molecule has 7 nitrogen and oxygen atoms in total. The molecule has 24 heavy (non-hydrogen) atoms. The highest BCUT2D eigenvalue weighted by molar-refractivity contribution is 6.21. The molecule has 2 aromatic heterocycles. The van der Waals surface area contributed by atoms with Gasteiger partial charge in [0.2, 0.25) is 11.5 Å². The maximum atomic E-state index is 12.9. The molecule has 4 heterocycles. The van der Waals surface area contributed by atoms with Gasteiger partial charge in [-0.2, -0.15) is 0 Å². The van der Waals surface area contributed by atoms with Crippen molar-refractivity contribution in [2.24, 2.45) is 0 Å².